The third-order valence-electron chi connectivity index (χ3n) is 4.71. The predicted molar refractivity (Wildman–Crippen MR) is 118 cm³/mol. The lowest BCUT2D eigenvalue weighted by atomic mass is 10.1. The van der Waals surface area contributed by atoms with Crippen molar-refractivity contribution in [3.63, 3.8) is 0 Å². The van der Waals surface area contributed by atoms with E-state index in [9.17, 15) is 4.79 Å². The average Bonchev–Trinajstić information content (AvgIpc) is 3.42. The Morgan fingerprint density at radius 2 is 1.67 bits per heavy atom. The summed E-state index contributed by atoms with van der Waals surface area (Å²) >= 11 is 0. The van der Waals surface area contributed by atoms with E-state index in [4.69, 9.17) is 9.15 Å². The molecule has 4 heteroatoms. The second-order valence-corrected chi connectivity index (χ2v) is 7.25. The molecule has 0 saturated heterocycles. The molecule has 4 aromatic rings. The van der Waals surface area contributed by atoms with Crippen LogP contribution in [0.15, 0.2) is 89.6 Å². The van der Waals surface area contributed by atoms with Gasteiger partial charge in [-0.05, 0) is 97.8 Å². The van der Waals surface area contributed by atoms with Crippen molar-refractivity contribution in [3.05, 3.63) is 113 Å². The van der Waals surface area contributed by atoms with Crippen molar-refractivity contribution in [2.24, 2.45) is 0 Å². The SMILES string of the molecule is Cc1cc(C)cc(OCc2ccc(/C=C/C(=O)c3ccc(-n4cccc4)cc3)o2)c1. The number of hydrogen-bond acceptors (Lipinski definition) is 3. The fourth-order valence-corrected chi connectivity index (χ4v) is 3.29. The number of carbonyl (C=O) groups is 1. The first-order valence-corrected chi connectivity index (χ1v) is 9.82. The normalized spacial score (nSPS) is 11.1. The van der Waals surface area contributed by atoms with Crippen LogP contribution in [0, 0.1) is 13.8 Å². The largest absolute Gasteiger partial charge is 0.486 e. The molecule has 0 saturated carbocycles. The molecule has 0 amide bonds. The Kier molecular flexibility index (Phi) is 5.66. The number of furan rings is 1. The van der Waals surface area contributed by atoms with Crippen LogP contribution in [-0.2, 0) is 6.61 Å². The Labute approximate surface area is 176 Å². The first-order chi connectivity index (χ1) is 14.6. The topological polar surface area (TPSA) is 44.4 Å². The summed E-state index contributed by atoms with van der Waals surface area (Å²) in [5, 5.41) is 0. The van der Waals surface area contributed by atoms with Gasteiger partial charge in [0.05, 0.1) is 0 Å². The van der Waals surface area contributed by atoms with Gasteiger partial charge in [0.25, 0.3) is 0 Å². The van der Waals surface area contributed by atoms with Crippen LogP contribution in [0.2, 0.25) is 0 Å². The summed E-state index contributed by atoms with van der Waals surface area (Å²) in [6.45, 7) is 4.42. The summed E-state index contributed by atoms with van der Waals surface area (Å²) in [5.41, 5.74) is 3.97. The highest BCUT2D eigenvalue weighted by Crippen LogP contribution is 2.19. The number of allylic oxidation sites excluding steroid dienone is 1. The van der Waals surface area contributed by atoms with Crippen molar-refractivity contribution in [1.29, 1.82) is 0 Å². The highest BCUT2D eigenvalue weighted by Gasteiger charge is 2.05. The summed E-state index contributed by atoms with van der Waals surface area (Å²) in [5.74, 6) is 2.07. The molecule has 4 nitrogen and oxygen atoms in total. The summed E-state index contributed by atoms with van der Waals surface area (Å²) in [6, 6.07) is 21.2. The summed E-state index contributed by atoms with van der Waals surface area (Å²) in [4.78, 5) is 12.4. The minimum atomic E-state index is -0.0708. The van der Waals surface area contributed by atoms with Crippen LogP contribution in [0.5, 0.6) is 5.75 Å². The molecule has 0 aliphatic carbocycles. The third-order valence-corrected chi connectivity index (χ3v) is 4.71. The lowest BCUT2D eigenvalue weighted by molar-refractivity contribution is 0.104. The maximum Gasteiger partial charge on any atom is 0.185 e. The molecule has 0 unspecified atom stereocenters. The number of benzene rings is 2. The average molecular weight is 397 g/mol. The van der Waals surface area contributed by atoms with Gasteiger partial charge in [0.2, 0.25) is 0 Å². The van der Waals surface area contributed by atoms with E-state index in [1.165, 1.54) is 6.08 Å². The predicted octanol–water partition coefficient (Wildman–Crippen LogP) is 6.16. The summed E-state index contributed by atoms with van der Waals surface area (Å²) < 4.78 is 13.6. The lowest BCUT2D eigenvalue weighted by Gasteiger charge is -2.06. The molecule has 4 rings (SSSR count). The van der Waals surface area contributed by atoms with Gasteiger partial charge in [-0.3, -0.25) is 4.79 Å². The minimum absolute atomic E-state index is 0.0708. The number of ketones is 1. The van der Waals surface area contributed by atoms with Crippen molar-refractivity contribution in [2.45, 2.75) is 20.5 Å². The second kappa shape index (κ2) is 8.70. The molecule has 2 aromatic heterocycles. The van der Waals surface area contributed by atoms with Gasteiger partial charge in [0, 0.05) is 23.6 Å². The van der Waals surface area contributed by atoms with E-state index in [1.807, 2.05) is 91.5 Å². The van der Waals surface area contributed by atoms with Crippen LogP contribution in [-0.4, -0.2) is 10.4 Å². The molecule has 0 aliphatic heterocycles. The highest BCUT2D eigenvalue weighted by atomic mass is 16.5. The van der Waals surface area contributed by atoms with E-state index in [0.717, 1.165) is 22.6 Å². The first kappa shape index (κ1) is 19.5. The van der Waals surface area contributed by atoms with Crippen LogP contribution in [0.25, 0.3) is 11.8 Å². The van der Waals surface area contributed by atoms with Gasteiger partial charge < -0.3 is 13.7 Å². The Morgan fingerprint density at radius 3 is 2.37 bits per heavy atom. The van der Waals surface area contributed by atoms with E-state index >= 15 is 0 Å². The number of aromatic nitrogens is 1. The summed E-state index contributed by atoms with van der Waals surface area (Å²) in [6.07, 6.45) is 7.14. The summed E-state index contributed by atoms with van der Waals surface area (Å²) in [7, 11) is 0. The van der Waals surface area contributed by atoms with E-state index < -0.39 is 0 Å². The van der Waals surface area contributed by atoms with Crippen LogP contribution in [0.1, 0.15) is 33.0 Å². The van der Waals surface area contributed by atoms with Crippen molar-refractivity contribution >= 4 is 11.9 Å². The van der Waals surface area contributed by atoms with E-state index in [0.29, 0.717) is 23.7 Å². The van der Waals surface area contributed by atoms with Gasteiger partial charge in [0.15, 0.2) is 5.78 Å². The zero-order valence-corrected chi connectivity index (χ0v) is 17.0. The number of carbonyl (C=O) groups excluding carboxylic acids is 1. The van der Waals surface area contributed by atoms with Crippen molar-refractivity contribution < 1.29 is 13.9 Å². The second-order valence-electron chi connectivity index (χ2n) is 7.25. The maximum absolute atomic E-state index is 12.4. The molecule has 0 bridgehead atoms. The Morgan fingerprint density at radius 1 is 0.967 bits per heavy atom. The molecular formula is C26H23NO3. The quantitative estimate of drug-likeness (QED) is 0.277. The number of nitrogens with zero attached hydrogens (tertiary/aromatic N) is 1. The van der Waals surface area contributed by atoms with Crippen molar-refractivity contribution in [2.75, 3.05) is 0 Å². The van der Waals surface area contributed by atoms with Gasteiger partial charge >= 0.3 is 0 Å². The van der Waals surface area contributed by atoms with Crippen LogP contribution >= 0.6 is 0 Å². The van der Waals surface area contributed by atoms with Gasteiger partial charge in [-0.1, -0.05) is 6.07 Å². The van der Waals surface area contributed by atoms with Gasteiger partial charge in [-0.15, -0.1) is 0 Å². The Hall–Kier alpha value is -3.79. The molecule has 0 aliphatic rings. The van der Waals surface area contributed by atoms with Gasteiger partial charge in [-0.25, -0.2) is 0 Å². The zero-order valence-electron chi connectivity index (χ0n) is 17.0. The van der Waals surface area contributed by atoms with Crippen LogP contribution < -0.4 is 4.74 Å². The molecule has 2 heterocycles. The molecule has 0 spiro atoms. The molecule has 0 radical (unpaired) electrons. The fraction of sp³-hybridized carbons (Fsp3) is 0.115. The molecule has 30 heavy (non-hydrogen) atoms. The molecule has 0 atom stereocenters. The number of aryl methyl sites for hydroxylation is 2. The monoisotopic (exact) mass is 397 g/mol. The smallest absolute Gasteiger partial charge is 0.185 e. The first-order valence-electron chi connectivity index (χ1n) is 9.82. The van der Waals surface area contributed by atoms with Gasteiger partial charge in [-0.2, -0.15) is 0 Å². The van der Waals surface area contributed by atoms with E-state index in [1.54, 1.807) is 6.08 Å². The molecule has 0 fully saturated rings. The molecular weight excluding hydrogens is 374 g/mol. The van der Waals surface area contributed by atoms with E-state index in [-0.39, 0.29) is 5.78 Å². The fourth-order valence-electron chi connectivity index (χ4n) is 3.29. The molecule has 2 aromatic carbocycles. The van der Waals surface area contributed by atoms with E-state index in [2.05, 4.69) is 6.07 Å². The lowest BCUT2D eigenvalue weighted by Crippen LogP contribution is -1.96. The highest BCUT2D eigenvalue weighted by molar-refractivity contribution is 6.06. The Bertz CT molecular complexity index is 1150. The van der Waals surface area contributed by atoms with Crippen molar-refractivity contribution in [1.82, 2.24) is 4.57 Å². The molecule has 0 N–H and O–H groups in total. The zero-order chi connectivity index (χ0) is 20.9. The van der Waals surface area contributed by atoms with Crippen molar-refractivity contribution in [3.8, 4) is 11.4 Å². The third kappa shape index (κ3) is 4.78. The number of ether oxygens (including phenoxy) is 1. The molecule has 150 valence electrons. The standard InChI is InChI=1S/C26H23NO3/c1-19-15-20(2)17-25(16-19)29-18-24-10-9-23(30-24)11-12-26(28)21-5-7-22(8-6-21)27-13-3-4-14-27/h3-17H,18H2,1-2H3/b12-11+. The Balaban J connectivity index is 1.36. The van der Waals surface area contributed by atoms with Crippen LogP contribution in [0.3, 0.4) is 0 Å². The maximum atomic E-state index is 12.4. The number of rotatable bonds is 7. The number of hydrogen-bond donors (Lipinski definition) is 0. The minimum Gasteiger partial charge on any atom is -0.486 e. The van der Waals surface area contributed by atoms with Crippen LogP contribution in [0.4, 0.5) is 0 Å². The van der Waals surface area contributed by atoms with Gasteiger partial charge in [0.1, 0.15) is 23.9 Å².